The normalized spacial score (nSPS) is 12.1. The number of hydrogen-bond donors (Lipinski definition) is 0. The number of fused-ring (bicyclic) bond motifs is 1. The van der Waals surface area contributed by atoms with E-state index >= 15 is 0 Å². The van der Waals surface area contributed by atoms with Gasteiger partial charge in [-0.3, -0.25) is 4.79 Å². The average Bonchev–Trinajstić information content (AvgIpc) is 2.79. The Hall–Kier alpha value is -2.91. The van der Waals surface area contributed by atoms with Crippen LogP contribution in [-0.4, -0.2) is 11.3 Å². The minimum absolute atomic E-state index is 0.250. The molecule has 0 amide bonds. The van der Waals surface area contributed by atoms with Crippen LogP contribution in [0.1, 0.15) is 28.7 Å². The highest BCUT2D eigenvalue weighted by Gasteiger charge is 2.27. The van der Waals surface area contributed by atoms with Crippen molar-refractivity contribution in [3.05, 3.63) is 120 Å². The summed E-state index contributed by atoms with van der Waals surface area (Å²) >= 11 is 3.53. The number of rotatable bonds is 6. The molecule has 1 atom stereocenters. The van der Waals surface area contributed by atoms with Crippen LogP contribution in [0.25, 0.3) is 10.8 Å². The third kappa shape index (κ3) is 4.41. The molecule has 144 valence electrons. The van der Waals surface area contributed by atoms with E-state index in [0.717, 1.165) is 22.1 Å². The zero-order chi connectivity index (χ0) is 20.1. The fraction of sp³-hybridized carbons (Fsp3) is 0.115. The number of benzene rings is 4. The predicted molar refractivity (Wildman–Crippen MR) is 121 cm³/mol. The molecule has 4 aromatic rings. The molecule has 0 radical (unpaired) electrons. The second kappa shape index (κ2) is 9.06. The highest BCUT2D eigenvalue weighted by atomic mass is 79.9. The lowest BCUT2D eigenvalue weighted by atomic mass is 9.91. The fourth-order valence-electron chi connectivity index (χ4n) is 3.56. The van der Waals surface area contributed by atoms with Crippen LogP contribution >= 0.6 is 15.9 Å². The van der Waals surface area contributed by atoms with Gasteiger partial charge in [-0.1, -0.05) is 113 Å². The van der Waals surface area contributed by atoms with Gasteiger partial charge < -0.3 is 4.74 Å². The Bertz CT molecular complexity index is 1050. The summed E-state index contributed by atoms with van der Waals surface area (Å²) in [6, 6.07) is 34.0. The summed E-state index contributed by atoms with van der Waals surface area (Å²) in [5.74, 6) is -0.709. The molecule has 0 aliphatic carbocycles. The topological polar surface area (TPSA) is 26.3 Å². The van der Waals surface area contributed by atoms with Crippen molar-refractivity contribution < 1.29 is 9.53 Å². The first-order chi connectivity index (χ1) is 14.3. The van der Waals surface area contributed by atoms with E-state index in [9.17, 15) is 4.79 Å². The van der Waals surface area contributed by atoms with Gasteiger partial charge in [-0.2, -0.15) is 0 Å². The third-order valence-electron chi connectivity index (χ3n) is 5.05. The smallest absolute Gasteiger partial charge is 0.318 e. The number of esters is 1. The Kier molecular flexibility index (Phi) is 6.06. The van der Waals surface area contributed by atoms with Crippen molar-refractivity contribution in [2.45, 2.75) is 12.0 Å². The molecule has 0 saturated heterocycles. The van der Waals surface area contributed by atoms with Crippen molar-refractivity contribution >= 4 is 32.7 Å². The Morgan fingerprint density at radius 2 is 1.24 bits per heavy atom. The van der Waals surface area contributed by atoms with Crippen LogP contribution in [0.15, 0.2) is 103 Å². The van der Waals surface area contributed by atoms with Gasteiger partial charge in [0.25, 0.3) is 0 Å². The van der Waals surface area contributed by atoms with Crippen LogP contribution in [0.3, 0.4) is 0 Å². The van der Waals surface area contributed by atoms with E-state index in [1.807, 2.05) is 78.9 Å². The van der Waals surface area contributed by atoms with Crippen molar-refractivity contribution in [1.29, 1.82) is 0 Å². The summed E-state index contributed by atoms with van der Waals surface area (Å²) in [7, 11) is 0. The van der Waals surface area contributed by atoms with Crippen LogP contribution in [0, 0.1) is 0 Å². The Labute approximate surface area is 179 Å². The molecule has 0 aliphatic heterocycles. The van der Waals surface area contributed by atoms with Crippen molar-refractivity contribution in [1.82, 2.24) is 0 Å². The molecule has 0 spiro atoms. The first-order valence-corrected chi connectivity index (χ1v) is 10.7. The number of carbonyl (C=O) groups excluding carboxylic acids is 1. The molecule has 3 heteroatoms. The van der Waals surface area contributed by atoms with Crippen LogP contribution in [-0.2, 0) is 9.53 Å². The van der Waals surface area contributed by atoms with Crippen LogP contribution < -0.4 is 0 Å². The number of ether oxygens (including phenoxy) is 1. The van der Waals surface area contributed by atoms with Gasteiger partial charge in [0.05, 0.1) is 0 Å². The van der Waals surface area contributed by atoms with Crippen LogP contribution in [0.5, 0.6) is 0 Å². The van der Waals surface area contributed by atoms with Gasteiger partial charge in [0.1, 0.15) is 12.0 Å². The number of halogens is 1. The van der Waals surface area contributed by atoms with E-state index in [1.54, 1.807) is 0 Å². The second-order valence-electron chi connectivity index (χ2n) is 6.94. The highest BCUT2D eigenvalue weighted by Crippen LogP contribution is 2.30. The van der Waals surface area contributed by atoms with Crippen LogP contribution in [0.2, 0.25) is 0 Å². The SMILES string of the molecule is O=C(O[C@H](CBr)c1ccc2ccccc2c1)C(c1ccccc1)c1ccccc1. The Morgan fingerprint density at radius 1 is 0.690 bits per heavy atom. The zero-order valence-corrected chi connectivity index (χ0v) is 17.5. The third-order valence-corrected chi connectivity index (χ3v) is 5.63. The largest absolute Gasteiger partial charge is 0.456 e. The Balaban J connectivity index is 1.64. The molecular weight excluding hydrogens is 424 g/mol. The lowest BCUT2D eigenvalue weighted by Crippen LogP contribution is -2.20. The summed E-state index contributed by atoms with van der Waals surface area (Å²) in [6.45, 7) is 0. The van der Waals surface area contributed by atoms with E-state index in [1.165, 1.54) is 5.39 Å². The van der Waals surface area contributed by atoms with E-state index in [-0.39, 0.29) is 12.1 Å². The maximum atomic E-state index is 13.3. The standard InChI is InChI=1S/C26H21BrO2/c27-18-24(23-16-15-19-9-7-8-14-22(19)17-23)29-26(28)25(20-10-3-1-4-11-20)21-12-5-2-6-13-21/h1-17,24-25H,18H2/t24-/m1/s1. The van der Waals surface area contributed by atoms with Gasteiger partial charge in [0, 0.05) is 5.33 Å². The summed E-state index contributed by atoms with van der Waals surface area (Å²) in [4.78, 5) is 13.3. The van der Waals surface area contributed by atoms with Crippen molar-refractivity contribution in [2.24, 2.45) is 0 Å². The van der Waals surface area contributed by atoms with Gasteiger partial charge >= 0.3 is 5.97 Å². The summed E-state index contributed by atoms with van der Waals surface area (Å²) in [6.07, 6.45) is -0.359. The summed E-state index contributed by atoms with van der Waals surface area (Å²) in [5.41, 5.74) is 2.83. The molecule has 0 unspecified atom stereocenters. The summed E-state index contributed by atoms with van der Waals surface area (Å²) in [5, 5.41) is 2.84. The number of hydrogen-bond acceptors (Lipinski definition) is 2. The van der Waals surface area contributed by atoms with Crippen molar-refractivity contribution in [2.75, 3.05) is 5.33 Å². The van der Waals surface area contributed by atoms with E-state index < -0.39 is 5.92 Å². The molecule has 29 heavy (non-hydrogen) atoms. The fourth-order valence-corrected chi connectivity index (χ4v) is 4.07. The first kappa shape index (κ1) is 19.4. The first-order valence-electron chi connectivity index (χ1n) is 9.61. The maximum Gasteiger partial charge on any atom is 0.318 e. The van der Waals surface area contributed by atoms with Gasteiger partial charge in [-0.05, 0) is 33.5 Å². The molecular formula is C26H21BrO2. The minimum Gasteiger partial charge on any atom is -0.456 e. The molecule has 0 N–H and O–H groups in total. The van der Waals surface area contributed by atoms with Crippen LogP contribution in [0.4, 0.5) is 0 Å². The predicted octanol–water partition coefficient (Wildman–Crippen LogP) is 6.65. The monoisotopic (exact) mass is 444 g/mol. The number of carbonyl (C=O) groups is 1. The molecule has 0 bridgehead atoms. The molecule has 0 fully saturated rings. The lowest BCUT2D eigenvalue weighted by molar-refractivity contribution is -0.149. The number of alkyl halides is 1. The molecule has 2 nitrogen and oxygen atoms in total. The van der Waals surface area contributed by atoms with E-state index in [2.05, 4.69) is 40.2 Å². The molecule has 0 heterocycles. The lowest BCUT2D eigenvalue weighted by Gasteiger charge is -2.22. The van der Waals surface area contributed by atoms with E-state index in [0.29, 0.717) is 5.33 Å². The Morgan fingerprint density at radius 3 is 1.83 bits per heavy atom. The molecule has 0 aromatic heterocycles. The molecule has 4 rings (SSSR count). The van der Waals surface area contributed by atoms with Crippen molar-refractivity contribution in [3.8, 4) is 0 Å². The average molecular weight is 445 g/mol. The maximum absolute atomic E-state index is 13.3. The highest BCUT2D eigenvalue weighted by molar-refractivity contribution is 9.09. The zero-order valence-electron chi connectivity index (χ0n) is 15.9. The molecule has 0 saturated carbocycles. The van der Waals surface area contributed by atoms with Gasteiger partial charge in [0.15, 0.2) is 0 Å². The van der Waals surface area contributed by atoms with E-state index in [4.69, 9.17) is 4.74 Å². The van der Waals surface area contributed by atoms with Crippen molar-refractivity contribution in [3.63, 3.8) is 0 Å². The quantitative estimate of drug-likeness (QED) is 0.245. The van der Waals surface area contributed by atoms with Gasteiger partial charge in [-0.25, -0.2) is 0 Å². The molecule has 0 aliphatic rings. The van der Waals surface area contributed by atoms with Gasteiger partial charge in [0.2, 0.25) is 0 Å². The summed E-state index contributed by atoms with van der Waals surface area (Å²) < 4.78 is 6.02. The second-order valence-corrected chi connectivity index (χ2v) is 7.59. The van der Waals surface area contributed by atoms with Gasteiger partial charge in [-0.15, -0.1) is 0 Å². The minimum atomic E-state index is -0.459. The molecule has 4 aromatic carbocycles.